The molecule has 0 saturated carbocycles. The molecule has 0 fully saturated rings. The maximum atomic E-state index is 14.0. The van der Waals surface area contributed by atoms with Gasteiger partial charge in [-0.15, -0.1) is 0 Å². The van der Waals surface area contributed by atoms with Gasteiger partial charge < -0.3 is 19.7 Å². The van der Waals surface area contributed by atoms with Crippen LogP contribution in [0.15, 0.2) is 114 Å². The van der Waals surface area contributed by atoms with E-state index >= 15 is 0 Å². The number of likely N-dealkylation sites (N-methyl/N-ethyl adjacent to an activating group) is 1. The summed E-state index contributed by atoms with van der Waals surface area (Å²) >= 11 is 0. The van der Waals surface area contributed by atoms with Crippen molar-refractivity contribution in [3.8, 4) is 17.2 Å². The molecule has 0 aliphatic rings. The maximum absolute atomic E-state index is 14.0. The molecule has 0 bridgehead atoms. The van der Waals surface area contributed by atoms with Crippen molar-refractivity contribution in [3.63, 3.8) is 0 Å². The molecular formula is C33H35N3O6S. The van der Waals surface area contributed by atoms with Gasteiger partial charge in [0.1, 0.15) is 29.8 Å². The lowest BCUT2D eigenvalue weighted by atomic mass is 10.1. The smallest absolute Gasteiger partial charge is 0.264 e. The van der Waals surface area contributed by atoms with Crippen LogP contribution < -0.4 is 19.1 Å². The van der Waals surface area contributed by atoms with E-state index in [1.54, 1.807) is 81.6 Å². The average Bonchev–Trinajstić information content (AvgIpc) is 3.03. The fourth-order valence-electron chi connectivity index (χ4n) is 4.43. The standard InChI is InChI=1S/C33H35N3O6S/c1-4-34-33(38)25(2)35(23-26-12-11-15-30(22-26)41-3)32(37)24-36(43(39,40)31-16-9-6-10-17-31)27-18-20-29(21-19-27)42-28-13-7-5-8-14-28/h5-22,25H,4,23-24H2,1-3H3,(H,34,38)/t25-/m1/s1. The second-order valence-corrected chi connectivity index (χ2v) is 11.5. The first-order chi connectivity index (χ1) is 20.7. The van der Waals surface area contributed by atoms with Crippen molar-refractivity contribution in [3.05, 3.63) is 115 Å². The molecule has 0 heterocycles. The van der Waals surface area contributed by atoms with Crippen LogP contribution in [0.5, 0.6) is 17.2 Å². The van der Waals surface area contributed by atoms with Gasteiger partial charge >= 0.3 is 0 Å². The van der Waals surface area contributed by atoms with Crippen LogP contribution in [0.3, 0.4) is 0 Å². The monoisotopic (exact) mass is 601 g/mol. The number of hydrogen-bond acceptors (Lipinski definition) is 6. The number of methoxy groups -OCH3 is 1. The van der Waals surface area contributed by atoms with Crippen LogP contribution in [0.4, 0.5) is 5.69 Å². The van der Waals surface area contributed by atoms with E-state index < -0.39 is 28.5 Å². The van der Waals surface area contributed by atoms with Crippen molar-refractivity contribution in [2.75, 3.05) is 24.5 Å². The Balaban J connectivity index is 1.69. The number of amides is 2. The zero-order valence-corrected chi connectivity index (χ0v) is 25.2. The molecule has 1 N–H and O–H groups in total. The summed E-state index contributed by atoms with van der Waals surface area (Å²) in [6.07, 6.45) is 0. The van der Waals surface area contributed by atoms with E-state index in [0.29, 0.717) is 23.8 Å². The van der Waals surface area contributed by atoms with Crippen molar-refractivity contribution < 1.29 is 27.5 Å². The summed E-state index contributed by atoms with van der Waals surface area (Å²) in [5.74, 6) is 0.834. The van der Waals surface area contributed by atoms with Gasteiger partial charge in [-0.1, -0.05) is 48.5 Å². The summed E-state index contributed by atoms with van der Waals surface area (Å²) in [5.41, 5.74) is 0.994. The number of sulfonamides is 1. The van der Waals surface area contributed by atoms with E-state index in [4.69, 9.17) is 9.47 Å². The minimum atomic E-state index is -4.17. The molecule has 0 unspecified atom stereocenters. The van der Waals surface area contributed by atoms with E-state index in [1.807, 2.05) is 36.4 Å². The first-order valence-corrected chi connectivity index (χ1v) is 15.3. The summed E-state index contributed by atoms with van der Waals surface area (Å²) in [4.78, 5) is 28.3. The number of nitrogens with one attached hydrogen (secondary N) is 1. The predicted octanol–water partition coefficient (Wildman–Crippen LogP) is 5.24. The molecular weight excluding hydrogens is 566 g/mol. The van der Waals surface area contributed by atoms with Crippen LogP contribution in [-0.2, 0) is 26.2 Å². The molecule has 224 valence electrons. The van der Waals surface area contributed by atoms with Gasteiger partial charge in [-0.25, -0.2) is 8.42 Å². The van der Waals surface area contributed by atoms with E-state index in [-0.39, 0.29) is 23.0 Å². The Morgan fingerprint density at radius 3 is 2.05 bits per heavy atom. The highest BCUT2D eigenvalue weighted by Crippen LogP contribution is 2.28. The number of anilines is 1. The number of nitrogens with zero attached hydrogens (tertiary/aromatic N) is 2. The molecule has 43 heavy (non-hydrogen) atoms. The molecule has 0 saturated heterocycles. The normalized spacial score (nSPS) is 11.7. The predicted molar refractivity (Wildman–Crippen MR) is 166 cm³/mol. The van der Waals surface area contributed by atoms with Crippen LogP contribution in [-0.4, -0.2) is 51.4 Å². The second-order valence-electron chi connectivity index (χ2n) is 9.68. The van der Waals surface area contributed by atoms with Gasteiger partial charge in [0.25, 0.3) is 10.0 Å². The Hall–Kier alpha value is -4.83. The van der Waals surface area contributed by atoms with Crippen LogP contribution >= 0.6 is 0 Å². The van der Waals surface area contributed by atoms with Crippen molar-refractivity contribution in [1.29, 1.82) is 0 Å². The number of para-hydroxylation sites is 1. The van der Waals surface area contributed by atoms with E-state index in [0.717, 1.165) is 9.87 Å². The summed E-state index contributed by atoms with van der Waals surface area (Å²) in [5, 5.41) is 2.75. The molecule has 10 heteroatoms. The van der Waals surface area contributed by atoms with Crippen LogP contribution in [0.25, 0.3) is 0 Å². The SMILES string of the molecule is CCNC(=O)[C@@H](C)N(Cc1cccc(OC)c1)C(=O)CN(c1ccc(Oc2ccccc2)cc1)S(=O)(=O)c1ccccc1. The third-order valence-electron chi connectivity index (χ3n) is 6.72. The average molecular weight is 602 g/mol. The van der Waals surface area contributed by atoms with Gasteiger partial charge in [0, 0.05) is 13.1 Å². The maximum Gasteiger partial charge on any atom is 0.264 e. The van der Waals surface area contributed by atoms with E-state index in [9.17, 15) is 18.0 Å². The Kier molecular flexibility index (Phi) is 10.4. The molecule has 9 nitrogen and oxygen atoms in total. The van der Waals surface area contributed by atoms with E-state index in [2.05, 4.69) is 5.32 Å². The first-order valence-electron chi connectivity index (χ1n) is 13.8. The Morgan fingerprint density at radius 2 is 1.42 bits per heavy atom. The number of carbonyl (C=O) groups is 2. The van der Waals surface area contributed by atoms with Crippen LogP contribution in [0, 0.1) is 0 Å². The molecule has 0 aliphatic carbocycles. The van der Waals surface area contributed by atoms with Crippen molar-refractivity contribution in [2.24, 2.45) is 0 Å². The quantitative estimate of drug-likeness (QED) is 0.225. The third kappa shape index (κ3) is 7.92. The van der Waals surface area contributed by atoms with Crippen LogP contribution in [0.2, 0.25) is 0 Å². The fraction of sp³-hybridized carbons (Fsp3) is 0.212. The van der Waals surface area contributed by atoms with Gasteiger partial charge in [-0.3, -0.25) is 13.9 Å². The zero-order valence-electron chi connectivity index (χ0n) is 24.3. The fourth-order valence-corrected chi connectivity index (χ4v) is 5.86. The lowest BCUT2D eigenvalue weighted by Gasteiger charge is -2.32. The van der Waals surface area contributed by atoms with Gasteiger partial charge in [0.15, 0.2) is 0 Å². The minimum Gasteiger partial charge on any atom is -0.497 e. The topological polar surface area (TPSA) is 105 Å². The first kappa shape index (κ1) is 31.1. The summed E-state index contributed by atoms with van der Waals surface area (Å²) in [7, 11) is -2.63. The molecule has 2 amide bonds. The summed E-state index contributed by atoms with van der Waals surface area (Å²) in [6, 6.07) is 29.9. The molecule has 1 atom stereocenters. The molecule has 0 aliphatic heterocycles. The highest BCUT2D eigenvalue weighted by atomic mass is 32.2. The van der Waals surface area contributed by atoms with Crippen LogP contribution in [0.1, 0.15) is 19.4 Å². The number of benzene rings is 4. The molecule has 0 spiro atoms. The molecule has 4 aromatic carbocycles. The lowest BCUT2D eigenvalue weighted by molar-refractivity contribution is -0.139. The highest BCUT2D eigenvalue weighted by molar-refractivity contribution is 7.92. The molecule has 4 aromatic rings. The van der Waals surface area contributed by atoms with Gasteiger partial charge in [-0.2, -0.15) is 0 Å². The van der Waals surface area contributed by atoms with Gasteiger partial charge in [-0.05, 0) is 80.1 Å². The van der Waals surface area contributed by atoms with Crippen molar-refractivity contribution in [1.82, 2.24) is 10.2 Å². The molecule has 0 aromatic heterocycles. The number of hydrogen-bond donors (Lipinski definition) is 1. The molecule has 4 rings (SSSR count). The third-order valence-corrected chi connectivity index (χ3v) is 8.51. The van der Waals surface area contributed by atoms with E-state index in [1.165, 1.54) is 17.0 Å². The highest BCUT2D eigenvalue weighted by Gasteiger charge is 2.32. The van der Waals surface area contributed by atoms with Crippen molar-refractivity contribution >= 4 is 27.5 Å². The van der Waals surface area contributed by atoms with Crippen molar-refractivity contribution in [2.45, 2.75) is 31.3 Å². The minimum absolute atomic E-state index is 0.0310. The lowest BCUT2D eigenvalue weighted by Crippen LogP contribution is -2.51. The van der Waals surface area contributed by atoms with Gasteiger partial charge in [0.05, 0.1) is 17.7 Å². The Labute approximate surface area is 252 Å². The second kappa shape index (κ2) is 14.4. The van der Waals surface area contributed by atoms with Gasteiger partial charge in [0.2, 0.25) is 11.8 Å². The Morgan fingerprint density at radius 1 is 0.814 bits per heavy atom. The summed E-state index contributed by atoms with van der Waals surface area (Å²) < 4.78 is 40.1. The number of ether oxygens (including phenoxy) is 2. The Bertz CT molecular complexity index is 1610. The number of rotatable bonds is 13. The molecule has 0 radical (unpaired) electrons. The zero-order chi connectivity index (χ0) is 30.8. The largest absolute Gasteiger partial charge is 0.497 e. The number of carbonyl (C=O) groups excluding carboxylic acids is 2. The summed E-state index contributed by atoms with van der Waals surface area (Å²) in [6.45, 7) is 3.32.